The maximum absolute atomic E-state index is 13.1. The summed E-state index contributed by atoms with van der Waals surface area (Å²) < 4.78 is 40.6. The third-order valence-corrected chi connectivity index (χ3v) is 4.73. The summed E-state index contributed by atoms with van der Waals surface area (Å²) in [5.41, 5.74) is 0.365. The highest BCUT2D eigenvalue weighted by Crippen LogP contribution is 2.29. The molecule has 1 N–H and O–H groups in total. The average Bonchev–Trinajstić information content (AvgIpc) is 2.29. The summed E-state index contributed by atoms with van der Waals surface area (Å²) in [4.78, 5) is 1.87. The first-order chi connectivity index (χ1) is 8.88. The molecule has 0 aliphatic carbocycles. The molecule has 19 heavy (non-hydrogen) atoms. The van der Waals surface area contributed by atoms with E-state index in [1.54, 1.807) is 0 Å². The molecule has 0 unspecified atom stereocenters. The molecular weight excluding hydrogens is 289 g/mol. The molecule has 0 saturated carbocycles. The summed E-state index contributed by atoms with van der Waals surface area (Å²) >= 11 is 1.32. The van der Waals surface area contributed by atoms with E-state index in [1.807, 2.05) is 19.0 Å². The van der Waals surface area contributed by atoms with Crippen molar-refractivity contribution in [1.82, 2.24) is 4.90 Å². The number of thioether (sulfide) groups is 1. The van der Waals surface area contributed by atoms with Gasteiger partial charge in [-0.15, -0.1) is 4.40 Å². The molecule has 0 amide bonds. The first-order valence-corrected chi connectivity index (χ1v) is 8.00. The molecule has 1 aliphatic heterocycles. The molecule has 0 fully saturated rings. The molecule has 0 atom stereocenters. The van der Waals surface area contributed by atoms with Crippen LogP contribution in [0.25, 0.3) is 0 Å². The normalized spacial score (nSPS) is 16.7. The molecule has 104 valence electrons. The number of nitrogens with zero attached hydrogens (tertiary/aromatic N) is 2. The standard InChI is InChI=1S/C11H14FN3O2S2/c1-15(2)5-6-18-11-13-9-4-3-8(12)7-10(9)19(16,17)14-11/h3-4,7H,5-6H2,1-2H3,(H,13,14). The van der Waals surface area contributed by atoms with Crippen LogP contribution in [0, 0.1) is 5.82 Å². The van der Waals surface area contributed by atoms with E-state index in [0.717, 1.165) is 12.6 Å². The van der Waals surface area contributed by atoms with Crippen LogP contribution in [0.2, 0.25) is 0 Å². The topological polar surface area (TPSA) is 61.8 Å². The smallest absolute Gasteiger partial charge is 0.286 e. The second-order valence-corrected chi connectivity index (χ2v) is 6.94. The number of nitrogens with one attached hydrogen (secondary N) is 1. The Kier molecular flexibility index (Phi) is 4.12. The van der Waals surface area contributed by atoms with Crippen molar-refractivity contribution in [3.63, 3.8) is 0 Å². The Hall–Kier alpha value is -1.12. The van der Waals surface area contributed by atoms with Gasteiger partial charge in [0, 0.05) is 12.3 Å². The van der Waals surface area contributed by atoms with E-state index in [1.165, 1.54) is 23.9 Å². The van der Waals surface area contributed by atoms with Gasteiger partial charge in [-0.05, 0) is 32.3 Å². The maximum Gasteiger partial charge on any atom is 0.286 e. The number of rotatable bonds is 3. The summed E-state index contributed by atoms with van der Waals surface area (Å²) in [6.45, 7) is 0.807. The molecule has 1 aliphatic rings. The second-order valence-electron chi connectivity index (χ2n) is 4.29. The van der Waals surface area contributed by atoms with Gasteiger partial charge in [0.2, 0.25) is 0 Å². The number of benzene rings is 1. The monoisotopic (exact) mass is 303 g/mol. The number of sulfonamides is 1. The zero-order valence-electron chi connectivity index (χ0n) is 10.6. The molecule has 0 aromatic heterocycles. The lowest BCUT2D eigenvalue weighted by Gasteiger charge is -2.18. The summed E-state index contributed by atoms with van der Waals surface area (Å²) in [6, 6.07) is 3.60. The van der Waals surface area contributed by atoms with E-state index in [-0.39, 0.29) is 4.90 Å². The number of anilines is 1. The van der Waals surface area contributed by atoms with E-state index in [4.69, 9.17) is 0 Å². The number of amidine groups is 1. The Balaban J connectivity index is 2.20. The van der Waals surface area contributed by atoms with Crippen LogP contribution in [-0.4, -0.2) is 44.9 Å². The summed E-state index contributed by atoms with van der Waals surface area (Å²) in [5, 5.41) is 3.22. The minimum Gasteiger partial charge on any atom is -0.333 e. The van der Waals surface area contributed by atoms with Crippen molar-refractivity contribution in [3.05, 3.63) is 24.0 Å². The molecule has 1 aromatic rings. The second kappa shape index (κ2) is 5.48. The van der Waals surface area contributed by atoms with Crippen LogP contribution in [0.3, 0.4) is 0 Å². The molecule has 1 heterocycles. The largest absolute Gasteiger partial charge is 0.333 e. The van der Waals surface area contributed by atoms with Crippen molar-refractivity contribution in [3.8, 4) is 0 Å². The highest BCUT2D eigenvalue weighted by atomic mass is 32.2. The van der Waals surface area contributed by atoms with Gasteiger partial charge in [0.1, 0.15) is 10.7 Å². The van der Waals surface area contributed by atoms with Crippen LogP contribution in [0.1, 0.15) is 0 Å². The SMILES string of the molecule is CN(C)CCSC1=NS(=O)(=O)c2cc(F)ccc2N1. The van der Waals surface area contributed by atoms with Crippen molar-refractivity contribution in [2.45, 2.75) is 4.90 Å². The fraction of sp³-hybridized carbons (Fsp3) is 0.364. The predicted octanol–water partition coefficient (Wildman–Crippen LogP) is 1.59. The molecule has 0 radical (unpaired) electrons. The van der Waals surface area contributed by atoms with Crippen LogP contribution in [0.5, 0.6) is 0 Å². The van der Waals surface area contributed by atoms with Gasteiger partial charge in [-0.25, -0.2) is 4.39 Å². The van der Waals surface area contributed by atoms with Gasteiger partial charge in [-0.3, -0.25) is 0 Å². The minimum absolute atomic E-state index is 0.121. The number of halogens is 1. The van der Waals surface area contributed by atoms with Gasteiger partial charge < -0.3 is 10.2 Å². The summed E-state index contributed by atoms with van der Waals surface area (Å²) in [6.07, 6.45) is 0. The molecule has 5 nitrogen and oxygen atoms in total. The summed E-state index contributed by atoms with van der Waals surface area (Å²) in [7, 11) is 0.0586. The van der Waals surface area contributed by atoms with Crippen LogP contribution in [0.15, 0.2) is 27.5 Å². The van der Waals surface area contributed by atoms with E-state index < -0.39 is 15.8 Å². The lowest BCUT2D eigenvalue weighted by atomic mass is 10.3. The van der Waals surface area contributed by atoms with Crippen LogP contribution >= 0.6 is 11.8 Å². The lowest BCUT2D eigenvalue weighted by molar-refractivity contribution is 0.438. The van der Waals surface area contributed by atoms with Crippen molar-refractivity contribution in [2.75, 3.05) is 31.7 Å². The molecule has 1 aromatic carbocycles. The maximum atomic E-state index is 13.1. The van der Waals surface area contributed by atoms with Crippen molar-refractivity contribution in [1.29, 1.82) is 0 Å². The van der Waals surface area contributed by atoms with E-state index in [2.05, 4.69) is 9.71 Å². The average molecular weight is 303 g/mol. The van der Waals surface area contributed by atoms with Gasteiger partial charge in [-0.1, -0.05) is 11.8 Å². The van der Waals surface area contributed by atoms with Crippen molar-refractivity contribution in [2.24, 2.45) is 4.40 Å². The van der Waals surface area contributed by atoms with Crippen LogP contribution < -0.4 is 5.32 Å². The first-order valence-electron chi connectivity index (χ1n) is 5.57. The van der Waals surface area contributed by atoms with E-state index in [0.29, 0.717) is 16.6 Å². The van der Waals surface area contributed by atoms with Gasteiger partial charge in [0.25, 0.3) is 10.0 Å². The van der Waals surface area contributed by atoms with Gasteiger partial charge in [0.05, 0.1) is 5.69 Å². The first kappa shape index (κ1) is 14.3. The highest BCUT2D eigenvalue weighted by molar-refractivity contribution is 8.14. The van der Waals surface area contributed by atoms with Crippen molar-refractivity contribution >= 4 is 32.6 Å². The molecule has 0 spiro atoms. The minimum atomic E-state index is -3.81. The van der Waals surface area contributed by atoms with Crippen LogP contribution in [-0.2, 0) is 10.0 Å². The summed E-state index contributed by atoms with van der Waals surface area (Å²) in [5.74, 6) is 0.119. The molecule has 0 bridgehead atoms. The number of hydrogen-bond acceptors (Lipinski definition) is 5. The lowest BCUT2D eigenvalue weighted by Crippen LogP contribution is -2.21. The molecule has 8 heteroatoms. The highest BCUT2D eigenvalue weighted by Gasteiger charge is 2.25. The predicted molar refractivity (Wildman–Crippen MR) is 75.7 cm³/mol. The zero-order chi connectivity index (χ0) is 14.0. The Bertz CT molecular complexity index is 614. The van der Waals surface area contributed by atoms with E-state index in [9.17, 15) is 12.8 Å². The Labute approximate surface area is 116 Å². The fourth-order valence-corrected chi connectivity index (χ4v) is 3.85. The van der Waals surface area contributed by atoms with Crippen LogP contribution in [0.4, 0.5) is 10.1 Å². The Morgan fingerprint density at radius 3 is 2.84 bits per heavy atom. The quantitative estimate of drug-likeness (QED) is 0.919. The number of hydrogen-bond donors (Lipinski definition) is 1. The fourth-order valence-electron chi connectivity index (χ4n) is 1.50. The number of fused-ring (bicyclic) bond motifs is 1. The molecule has 2 rings (SSSR count). The Morgan fingerprint density at radius 1 is 1.42 bits per heavy atom. The Morgan fingerprint density at radius 2 is 2.16 bits per heavy atom. The van der Waals surface area contributed by atoms with Gasteiger partial charge >= 0.3 is 0 Å². The van der Waals surface area contributed by atoms with E-state index >= 15 is 0 Å². The van der Waals surface area contributed by atoms with Crippen molar-refractivity contribution < 1.29 is 12.8 Å². The van der Waals surface area contributed by atoms with Gasteiger partial charge in [0.15, 0.2) is 5.17 Å². The van der Waals surface area contributed by atoms with Gasteiger partial charge in [-0.2, -0.15) is 8.42 Å². The molecular formula is C11H14FN3O2S2. The third kappa shape index (κ3) is 3.46. The molecule has 0 saturated heterocycles. The zero-order valence-corrected chi connectivity index (χ0v) is 12.2. The third-order valence-electron chi connectivity index (χ3n) is 2.44.